The number of nitrogens with one attached hydrogen (secondary N) is 1. The number of fused-ring (bicyclic) bond motifs is 1. The summed E-state index contributed by atoms with van der Waals surface area (Å²) in [5.41, 5.74) is -0.103. The molecule has 0 saturated heterocycles. The molecule has 0 spiro atoms. The van der Waals surface area contributed by atoms with Crippen LogP contribution in [0, 0.1) is 0 Å². The summed E-state index contributed by atoms with van der Waals surface area (Å²) >= 11 is 0. The van der Waals surface area contributed by atoms with E-state index in [0.717, 1.165) is 19.3 Å². The van der Waals surface area contributed by atoms with E-state index in [0.29, 0.717) is 46.4 Å². The maximum Gasteiger partial charge on any atom is 0.258 e. The number of carbonyl (C=O) groups excluding carboxylic acids is 1. The minimum atomic E-state index is -0.840. The van der Waals surface area contributed by atoms with Crippen LogP contribution in [0.25, 0.3) is 10.8 Å². The van der Waals surface area contributed by atoms with Crippen molar-refractivity contribution < 1.29 is 19.4 Å². The molecule has 7 heteroatoms. The van der Waals surface area contributed by atoms with Gasteiger partial charge < -0.3 is 24.5 Å². The largest absolute Gasteiger partial charge is 0.497 e. The first-order valence-electron chi connectivity index (χ1n) is 10.8. The Morgan fingerprint density at radius 3 is 2.38 bits per heavy atom. The van der Waals surface area contributed by atoms with Crippen LogP contribution < -0.4 is 20.3 Å². The smallest absolute Gasteiger partial charge is 0.258 e. The van der Waals surface area contributed by atoms with Gasteiger partial charge in [0.15, 0.2) is 0 Å². The van der Waals surface area contributed by atoms with Crippen molar-refractivity contribution in [3.05, 3.63) is 64.6 Å². The lowest BCUT2D eigenvalue weighted by molar-refractivity contribution is -0.0121. The van der Waals surface area contributed by atoms with Crippen molar-refractivity contribution in [3.8, 4) is 11.5 Å². The number of aliphatic hydroxyl groups is 1. The van der Waals surface area contributed by atoms with Crippen LogP contribution >= 0.6 is 0 Å². The van der Waals surface area contributed by atoms with E-state index in [-0.39, 0.29) is 18.0 Å². The number of amides is 1. The number of carbonyl (C=O) groups is 1. The average molecular weight is 437 g/mol. The van der Waals surface area contributed by atoms with Gasteiger partial charge in [0.05, 0.1) is 26.4 Å². The number of methoxy groups -OCH3 is 2. The summed E-state index contributed by atoms with van der Waals surface area (Å²) < 4.78 is 12.1. The second kappa shape index (κ2) is 9.04. The number of hydrogen-bond acceptors (Lipinski definition) is 5. The summed E-state index contributed by atoms with van der Waals surface area (Å²) in [5.74, 6) is 0.683. The lowest BCUT2D eigenvalue weighted by Crippen LogP contribution is -2.39. The molecule has 2 aromatic carbocycles. The number of ether oxygens (including phenoxy) is 2. The van der Waals surface area contributed by atoms with Crippen LogP contribution in [0.15, 0.2) is 53.5 Å². The second-order valence-electron chi connectivity index (χ2n) is 8.36. The van der Waals surface area contributed by atoms with E-state index in [2.05, 4.69) is 5.32 Å². The minimum absolute atomic E-state index is 0.180. The fourth-order valence-electron chi connectivity index (χ4n) is 4.37. The second-order valence-corrected chi connectivity index (χ2v) is 8.36. The normalized spacial score (nSPS) is 15.3. The van der Waals surface area contributed by atoms with Crippen molar-refractivity contribution in [1.29, 1.82) is 0 Å². The average Bonchev–Trinajstić information content (AvgIpc) is 2.81. The van der Waals surface area contributed by atoms with E-state index in [1.54, 1.807) is 47.2 Å². The van der Waals surface area contributed by atoms with Gasteiger partial charge in [-0.15, -0.1) is 0 Å². The molecule has 1 aromatic heterocycles. The molecule has 0 radical (unpaired) electrons. The standard InChI is InChI=1S/C25H28N2O5/c1-31-18-13-17(14-19(15-18)32-2)23(28)26-22-8-6-7-21-20(22)9-12-27(24(21)29)16-25(30)10-4-3-5-11-25/h6-9,12-15,30H,3-5,10-11,16H2,1-2H3,(H,26,28). The Morgan fingerprint density at radius 1 is 1.03 bits per heavy atom. The van der Waals surface area contributed by atoms with Crippen molar-refractivity contribution in [3.63, 3.8) is 0 Å². The van der Waals surface area contributed by atoms with E-state index in [1.165, 1.54) is 14.2 Å². The van der Waals surface area contributed by atoms with Crippen LogP contribution in [-0.2, 0) is 6.54 Å². The summed E-state index contributed by atoms with van der Waals surface area (Å²) in [6.45, 7) is 0.280. The molecule has 0 aliphatic heterocycles. The maximum absolute atomic E-state index is 13.1. The molecule has 3 aromatic rings. The quantitative estimate of drug-likeness (QED) is 0.610. The summed E-state index contributed by atoms with van der Waals surface area (Å²) in [7, 11) is 3.05. The number of hydrogen-bond donors (Lipinski definition) is 2. The molecule has 0 bridgehead atoms. The van der Waals surface area contributed by atoms with E-state index in [1.807, 2.05) is 6.07 Å². The highest BCUT2D eigenvalue weighted by Gasteiger charge is 2.30. The molecule has 1 fully saturated rings. The number of pyridine rings is 1. The molecule has 4 rings (SSSR count). The summed E-state index contributed by atoms with van der Waals surface area (Å²) in [6.07, 6.45) is 6.18. The predicted octanol–water partition coefficient (Wildman–Crippen LogP) is 3.97. The van der Waals surface area contributed by atoms with Crippen molar-refractivity contribution in [2.45, 2.75) is 44.2 Å². The first-order chi connectivity index (χ1) is 15.4. The Balaban J connectivity index is 1.64. The molecule has 1 aliphatic rings. The number of nitrogens with zero attached hydrogens (tertiary/aromatic N) is 1. The van der Waals surface area contributed by atoms with Crippen molar-refractivity contribution in [2.75, 3.05) is 19.5 Å². The third-order valence-electron chi connectivity index (χ3n) is 6.13. The first-order valence-corrected chi connectivity index (χ1v) is 10.8. The van der Waals surface area contributed by atoms with Gasteiger partial charge >= 0.3 is 0 Å². The maximum atomic E-state index is 13.1. The van der Waals surface area contributed by atoms with Gasteiger partial charge in [0.25, 0.3) is 11.5 Å². The Hall–Kier alpha value is -3.32. The van der Waals surface area contributed by atoms with Crippen LogP contribution in [0.2, 0.25) is 0 Å². The third kappa shape index (κ3) is 4.48. The molecule has 0 atom stereocenters. The minimum Gasteiger partial charge on any atom is -0.497 e. The Morgan fingerprint density at radius 2 is 1.72 bits per heavy atom. The topological polar surface area (TPSA) is 89.8 Å². The zero-order chi connectivity index (χ0) is 22.7. The summed E-state index contributed by atoms with van der Waals surface area (Å²) in [5, 5.41) is 14.9. The van der Waals surface area contributed by atoms with E-state index in [9.17, 15) is 14.7 Å². The Kier molecular flexibility index (Phi) is 6.19. The van der Waals surface area contributed by atoms with Gasteiger partial charge in [-0.3, -0.25) is 9.59 Å². The lowest BCUT2D eigenvalue weighted by atomic mass is 9.85. The molecule has 1 amide bonds. The molecule has 0 unspecified atom stereocenters. The van der Waals surface area contributed by atoms with Crippen LogP contribution in [0.5, 0.6) is 11.5 Å². The van der Waals surface area contributed by atoms with Gasteiger partial charge in [-0.05, 0) is 43.2 Å². The van der Waals surface area contributed by atoms with Gasteiger partial charge in [-0.1, -0.05) is 25.3 Å². The summed E-state index contributed by atoms with van der Waals surface area (Å²) in [4.78, 5) is 26.0. The highest BCUT2D eigenvalue weighted by Crippen LogP contribution is 2.30. The van der Waals surface area contributed by atoms with Crippen LogP contribution in [0.3, 0.4) is 0 Å². The van der Waals surface area contributed by atoms with Crippen LogP contribution in [0.1, 0.15) is 42.5 Å². The van der Waals surface area contributed by atoms with E-state index < -0.39 is 5.60 Å². The van der Waals surface area contributed by atoms with Crippen LogP contribution in [-0.4, -0.2) is 35.4 Å². The molecule has 2 N–H and O–H groups in total. The predicted molar refractivity (Wildman–Crippen MR) is 124 cm³/mol. The van der Waals surface area contributed by atoms with Gasteiger partial charge in [-0.2, -0.15) is 0 Å². The molecule has 1 heterocycles. The number of rotatable bonds is 6. The van der Waals surface area contributed by atoms with E-state index in [4.69, 9.17) is 9.47 Å². The Bertz CT molecular complexity index is 1170. The van der Waals surface area contributed by atoms with Crippen molar-refractivity contribution >= 4 is 22.4 Å². The highest BCUT2D eigenvalue weighted by molar-refractivity contribution is 6.09. The molecule has 168 valence electrons. The molecule has 32 heavy (non-hydrogen) atoms. The van der Waals surface area contributed by atoms with Gasteiger partial charge in [0.1, 0.15) is 11.5 Å². The van der Waals surface area contributed by atoms with Crippen molar-refractivity contribution in [2.24, 2.45) is 0 Å². The molecule has 1 saturated carbocycles. The Labute approximate surface area is 186 Å². The zero-order valence-electron chi connectivity index (χ0n) is 18.4. The van der Waals surface area contributed by atoms with Gasteiger partial charge in [0.2, 0.25) is 0 Å². The fraction of sp³-hybridized carbons (Fsp3) is 0.360. The third-order valence-corrected chi connectivity index (χ3v) is 6.13. The highest BCUT2D eigenvalue weighted by atomic mass is 16.5. The van der Waals surface area contributed by atoms with E-state index >= 15 is 0 Å². The zero-order valence-corrected chi connectivity index (χ0v) is 18.4. The SMILES string of the molecule is COc1cc(OC)cc(C(=O)Nc2cccc3c(=O)n(CC4(O)CCCCC4)ccc23)c1. The lowest BCUT2D eigenvalue weighted by Gasteiger charge is -2.32. The number of benzene rings is 2. The summed E-state index contributed by atoms with van der Waals surface area (Å²) in [6, 6.07) is 12.0. The molecule has 7 nitrogen and oxygen atoms in total. The fourth-order valence-corrected chi connectivity index (χ4v) is 4.37. The number of anilines is 1. The first kappa shape index (κ1) is 21.9. The van der Waals surface area contributed by atoms with Gasteiger partial charge in [0, 0.05) is 34.3 Å². The van der Waals surface area contributed by atoms with Crippen molar-refractivity contribution in [1.82, 2.24) is 4.57 Å². The molecule has 1 aliphatic carbocycles. The monoisotopic (exact) mass is 436 g/mol. The van der Waals surface area contributed by atoms with Crippen LogP contribution in [0.4, 0.5) is 5.69 Å². The number of aromatic nitrogens is 1. The molecular weight excluding hydrogens is 408 g/mol. The van der Waals surface area contributed by atoms with Gasteiger partial charge in [-0.25, -0.2) is 0 Å². The molecular formula is C25H28N2O5.